The highest BCUT2D eigenvalue weighted by Crippen LogP contribution is 2.35. The quantitative estimate of drug-likeness (QED) is 0.145. The monoisotopic (exact) mass is 863 g/mol. The minimum atomic E-state index is -1.96. The van der Waals surface area contributed by atoms with Crippen molar-refractivity contribution in [1.82, 2.24) is 4.90 Å². The average Bonchev–Trinajstić information content (AvgIpc) is 3.43. The molecule has 0 spiro atoms. The first-order valence-electron chi connectivity index (χ1n) is 18.3. The number of hydrogen-bond acceptors (Lipinski definition) is 23. The summed E-state index contributed by atoms with van der Waals surface area (Å²) in [4.78, 5) is 125. The van der Waals surface area contributed by atoms with E-state index in [1.54, 1.807) is 0 Å². The van der Waals surface area contributed by atoms with E-state index in [0.29, 0.717) is 0 Å². The molecular weight excluding hydrogens is 814 g/mol. The van der Waals surface area contributed by atoms with Gasteiger partial charge >= 0.3 is 53.8 Å². The van der Waals surface area contributed by atoms with E-state index < -0.39 is 159 Å². The van der Waals surface area contributed by atoms with Gasteiger partial charge in [-0.2, -0.15) is 0 Å². The molecule has 3 aliphatic rings. The van der Waals surface area contributed by atoms with Gasteiger partial charge in [0, 0.05) is 55.4 Å². The van der Waals surface area contributed by atoms with Crippen molar-refractivity contribution in [3.63, 3.8) is 0 Å². The zero-order valence-electron chi connectivity index (χ0n) is 34.5. The van der Waals surface area contributed by atoms with Gasteiger partial charge in [0.25, 0.3) is 0 Å². The van der Waals surface area contributed by atoms with E-state index in [9.17, 15) is 47.9 Å². The molecule has 336 valence electrons. The molecule has 0 saturated carbocycles. The van der Waals surface area contributed by atoms with Crippen LogP contribution in [0.5, 0.6) is 0 Å². The van der Waals surface area contributed by atoms with Crippen LogP contribution in [0.15, 0.2) is 0 Å². The van der Waals surface area contributed by atoms with Gasteiger partial charge in [0.05, 0.1) is 6.61 Å². The van der Waals surface area contributed by atoms with Crippen LogP contribution in [0.25, 0.3) is 0 Å². The lowest BCUT2D eigenvalue weighted by atomic mass is 9.98. The number of rotatable bonds is 15. The van der Waals surface area contributed by atoms with E-state index in [2.05, 4.69) is 0 Å². The van der Waals surface area contributed by atoms with Crippen LogP contribution in [0, 0.1) is 0 Å². The Kier molecular flexibility index (Phi) is 17.3. The fourth-order valence-electron chi connectivity index (χ4n) is 6.41. The lowest BCUT2D eigenvalue weighted by molar-refractivity contribution is -0.306. The molecule has 24 heteroatoms. The maximum atomic E-state index is 14.1. The molecule has 0 unspecified atom stereocenters. The molecule has 0 radical (unpaired) electrons. The highest BCUT2D eigenvalue weighted by Gasteiger charge is 2.57. The third kappa shape index (κ3) is 13.5. The standard InChI is InChI=1S/C36H49NO23/c1-15(38)48-13-25-27(52-17(3)40)29(54-19(5)42)31(56-21(7)44)33(58-25)50-12-24(46)23-11-51-36(9,10)37(23)35(47)60-34-32(57-22(8)45)30(55-20(6)43)28(53-18(4)41)26(59-34)14-49-16(2)39/h23,25-34H,11-14H2,1-10H3/t23-,25-,26-,27-,28-,29+,30+,31-,32-,33+,34-/m1/s1. The Bertz CT molecular complexity index is 1660. The molecule has 0 N–H and O–H groups in total. The van der Waals surface area contributed by atoms with Gasteiger partial charge in [-0.3, -0.25) is 48.1 Å². The number of ketones is 1. The van der Waals surface area contributed by atoms with E-state index in [1.165, 1.54) is 13.8 Å². The normalized spacial score (nSPS) is 29.4. The van der Waals surface area contributed by atoms with Gasteiger partial charge in [-0.15, -0.1) is 0 Å². The summed E-state index contributed by atoms with van der Waals surface area (Å²) in [6, 6.07) is -1.50. The van der Waals surface area contributed by atoms with Crippen molar-refractivity contribution < 1.29 is 110 Å². The van der Waals surface area contributed by atoms with Crippen LogP contribution in [0.3, 0.4) is 0 Å². The summed E-state index contributed by atoms with van der Waals surface area (Å²) in [7, 11) is 0. The lowest BCUT2D eigenvalue weighted by Crippen LogP contribution is -2.64. The number of ether oxygens (including phenoxy) is 13. The van der Waals surface area contributed by atoms with Crippen LogP contribution < -0.4 is 0 Å². The average molecular weight is 864 g/mol. The van der Waals surface area contributed by atoms with Gasteiger partial charge < -0.3 is 61.6 Å². The van der Waals surface area contributed by atoms with Crippen molar-refractivity contribution in [2.45, 2.75) is 142 Å². The minimum absolute atomic E-state index is 0.443. The first-order valence-corrected chi connectivity index (χ1v) is 18.3. The van der Waals surface area contributed by atoms with Crippen molar-refractivity contribution in [3.8, 4) is 0 Å². The molecule has 60 heavy (non-hydrogen) atoms. The summed E-state index contributed by atoms with van der Waals surface area (Å²) in [5.74, 6) is -7.94. The van der Waals surface area contributed by atoms with Crippen molar-refractivity contribution in [2.75, 3.05) is 26.4 Å². The predicted octanol–water partition coefficient (Wildman–Crippen LogP) is -0.688. The molecular formula is C36H49NO23. The summed E-state index contributed by atoms with van der Waals surface area (Å²) in [5.41, 5.74) is -1.59. The van der Waals surface area contributed by atoms with Crippen LogP contribution in [-0.2, 0) is 105 Å². The Balaban J connectivity index is 1.95. The number of esters is 8. The van der Waals surface area contributed by atoms with Crippen molar-refractivity contribution in [2.24, 2.45) is 0 Å². The first-order chi connectivity index (χ1) is 27.9. The van der Waals surface area contributed by atoms with Crippen LogP contribution >= 0.6 is 0 Å². The molecule has 24 nitrogen and oxygen atoms in total. The largest absolute Gasteiger partial charge is 0.463 e. The van der Waals surface area contributed by atoms with E-state index in [1.807, 2.05) is 0 Å². The number of hydrogen-bond donors (Lipinski definition) is 0. The van der Waals surface area contributed by atoms with E-state index >= 15 is 0 Å². The minimum Gasteiger partial charge on any atom is -0.463 e. The summed E-state index contributed by atoms with van der Waals surface area (Å²) in [6.07, 6.45) is -17.7. The molecule has 3 heterocycles. The van der Waals surface area contributed by atoms with Crippen molar-refractivity contribution in [1.29, 1.82) is 0 Å². The van der Waals surface area contributed by atoms with Gasteiger partial charge in [0.15, 0.2) is 42.6 Å². The Morgan fingerprint density at radius 2 is 0.867 bits per heavy atom. The molecule has 11 atom stereocenters. The molecule has 1 amide bonds. The summed E-state index contributed by atoms with van der Waals surface area (Å²) in [6.45, 7) is 8.45. The summed E-state index contributed by atoms with van der Waals surface area (Å²) < 4.78 is 71.1. The fourth-order valence-corrected chi connectivity index (χ4v) is 6.41. The number of carbonyl (C=O) groups excluding carboxylic acids is 10. The van der Waals surface area contributed by atoms with Crippen LogP contribution in [0.1, 0.15) is 69.2 Å². The number of Topliss-reactive ketones (excluding diaryl/α,β-unsaturated/α-hetero) is 1. The van der Waals surface area contributed by atoms with Gasteiger partial charge in [-0.25, -0.2) is 4.79 Å². The molecule has 3 saturated heterocycles. The third-order valence-corrected chi connectivity index (χ3v) is 8.56. The Hall–Kier alpha value is -5.46. The van der Waals surface area contributed by atoms with Gasteiger partial charge in [-0.05, 0) is 13.8 Å². The van der Waals surface area contributed by atoms with Crippen LogP contribution in [0.4, 0.5) is 4.79 Å². The SMILES string of the molecule is CC(=O)OC[C@H]1O[C@H](OCC(=O)[C@H]2COC(C)(C)N2C(=O)O[C@H]2O[C@H](COC(C)=O)[C@@H](OC(C)=O)[C@H](OC(C)=O)[C@H]2OC(C)=O)[C@H](OC(C)=O)[C@@H](OC(C)=O)[C@@H]1OC(C)=O. The zero-order chi connectivity index (χ0) is 45.2. The topological polar surface area (TPSA) is 294 Å². The smallest absolute Gasteiger partial charge is 0.415 e. The molecule has 0 aromatic carbocycles. The highest BCUT2D eigenvalue weighted by molar-refractivity contribution is 5.89. The number of carbonyl (C=O) groups is 10. The second kappa shape index (κ2) is 21.2. The van der Waals surface area contributed by atoms with Crippen molar-refractivity contribution >= 4 is 59.6 Å². The third-order valence-electron chi connectivity index (χ3n) is 8.56. The molecule has 3 fully saturated rings. The lowest BCUT2D eigenvalue weighted by Gasteiger charge is -2.44. The maximum Gasteiger partial charge on any atom is 0.415 e. The molecule has 0 aromatic rings. The number of nitrogens with zero attached hydrogens (tertiary/aromatic N) is 1. The zero-order valence-corrected chi connectivity index (χ0v) is 34.5. The van der Waals surface area contributed by atoms with E-state index in [4.69, 9.17) is 61.6 Å². The fraction of sp³-hybridized carbons (Fsp3) is 0.722. The van der Waals surface area contributed by atoms with E-state index in [0.717, 1.165) is 60.3 Å². The second-order valence-corrected chi connectivity index (χ2v) is 13.9. The molecule has 0 aliphatic carbocycles. The number of amides is 1. The highest BCUT2D eigenvalue weighted by atomic mass is 16.8. The second-order valence-electron chi connectivity index (χ2n) is 13.9. The molecule has 3 rings (SSSR count). The summed E-state index contributed by atoms with van der Waals surface area (Å²) in [5, 5.41) is 0. The van der Waals surface area contributed by atoms with Gasteiger partial charge in [0.2, 0.25) is 12.4 Å². The Morgan fingerprint density at radius 3 is 1.27 bits per heavy atom. The van der Waals surface area contributed by atoms with Crippen LogP contribution in [-0.4, -0.2) is 164 Å². The maximum absolute atomic E-state index is 14.1. The Morgan fingerprint density at radius 1 is 0.500 bits per heavy atom. The van der Waals surface area contributed by atoms with Gasteiger partial charge in [-0.1, -0.05) is 0 Å². The molecule has 3 aliphatic heterocycles. The predicted molar refractivity (Wildman–Crippen MR) is 187 cm³/mol. The van der Waals surface area contributed by atoms with Gasteiger partial charge in [0.1, 0.15) is 43.8 Å². The van der Waals surface area contributed by atoms with Crippen molar-refractivity contribution in [3.05, 3.63) is 0 Å². The molecule has 0 aromatic heterocycles. The van der Waals surface area contributed by atoms with Crippen LogP contribution in [0.2, 0.25) is 0 Å². The van der Waals surface area contributed by atoms with E-state index in [-0.39, 0.29) is 0 Å². The summed E-state index contributed by atoms with van der Waals surface area (Å²) >= 11 is 0. The first kappa shape index (κ1) is 48.9. The molecule has 0 bridgehead atoms. The Labute approximate surface area is 342 Å².